The molecule has 0 saturated heterocycles. The van der Waals surface area contributed by atoms with Crippen LogP contribution in [0.3, 0.4) is 0 Å². The Morgan fingerprint density at radius 2 is 1.74 bits per heavy atom. The first-order valence-electron chi connectivity index (χ1n) is 5.09. The average molecular weight is 310 g/mol. The molecule has 4 nitrogen and oxygen atoms in total. The Bertz CT molecular complexity index is 603. The van der Waals surface area contributed by atoms with Crippen LogP contribution in [0.4, 0.5) is 13.2 Å². The maximum Gasteiger partial charge on any atom is 0.442 e. The van der Waals surface area contributed by atoms with Crippen LogP contribution >= 0.6 is 10.8 Å². The van der Waals surface area contributed by atoms with Crippen molar-refractivity contribution in [1.29, 1.82) is 0 Å². The summed E-state index contributed by atoms with van der Waals surface area (Å²) in [6.07, 6.45) is -3.47. The van der Waals surface area contributed by atoms with Crippen molar-refractivity contribution < 1.29 is 21.6 Å². The maximum atomic E-state index is 12.7. The molecule has 1 aliphatic heterocycles. The molecule has 0 aliphatic carbocycles. The molecule has 1 heterocycles. The van der Waals surface area contributed by atoms with E-state index in [9.17, 15) is 21.6 Å². The van der Waals surface area contributed by atoms with Gasteiger partial charge in [-0.2, -0.15) is 13.2 Å². The lowest BCUT2D eigenvalue weighted by Crippen LogP contribution is -2.30. The van der Waals surface area contributed by atoms with E-state index < -0.39 is 20.7 Å². The van der Waals surface area contributed by atoms with Gasteiger partial charge in [0.1, 0.15) is 0 Å². The van der Waals surface area contributed by atoms with Gasteiger partial charge in [0.2, 0.25) is 0 Å². The average Bonchev–Trinajstić information content (AvgIpc) is 3.06. The molecule has 19 heavy (non-hydrogen) atoms. The zero-order chi connectivity index (χ0) is 14.3. The lowest BCUT2D eigenvalue weighted by atomic mass is 10.0. The Kier molecular flexibility index (Phi) is 3.38. The molecule has 0 amide bonds. The summed E-state index contributed by atoms with van der Waals surface area (Å²) >= 11 is 0. The van der Waals surface area contributed by atoms with Crippen LogP contribution in [0.2, 0.25) is 0 Å². The largest absolute Gasteiger partial charge is 0.442 e. The Balaban J connectivity index is 2.12. The molecule has 1 aromatic carbocycles. The zero-order valence-electron chi connectivity index (χ0n) is 9.68. The van der Waals surface area contributed by atoms with Crippen LogP contribution in [-0.2, 0) is 20.3 Å². The number of alkyl halides is 3. The molecule has 0 fully saturated rings. The molecule has 0 unspecified atom stereocenters. The van der Waals surface area contributed by atoms with E-state index in [0.29, 0.717) is 5.56 Å². The van der Waals surface area contributed by atoms with Crippen LogP contribution in [0, 0.1) is 0 Å². The summed E-state index contributed by atoms with van der Waals surface area (Å²) in [6.45, 7) is 0. The zero-order valence-corrected chi connectivity index (χ0v) is 11.3. The van der Waals surface area contributed by atoms with Crippen LogP contribution in [0.15, 0.2) is 34.5 Å². The van der Waals surface area contributed by atoms with E-state index in [1.54, 1.807) is 0 Å². The van der Waals surface area contributed by atoms with Crippen molar-refractivity contribution in [3.63, 3.8) is 0 Å². The third kappa shape index (κ3) is 3.08. The van der Waals surface area contributed by atoms with Gasteiger partial charge in [-0.3, -0.25) is 0 Å². The van der Waals surface area contributed by atoms with E-state index >= 15 is 0 Å². The van der Waals surface area contributed by atoms with Gasteiger partial charge in [0.15, 0.2) is 8.87 Å². The molecule has 0 bridgehead atoms. The molecule has 2 rings (SSSR count). The highest BCUT2D eigenvalue weighted by Gasteiger charge is 2.65. The normalized spacial score (nSPS) is 17.5. The second-order valence-corrected chi connectivity index (χ2v) is 8.49. The minimum Gasteiger partial charge on any atom is -0.218 e. The summed E-state index contributed by atoms with van der Waals surface area (Å²) in [5.74, 6) is 0.187. The fourth-order valence-electron chi connectivity index (χ4n) is 1.45. The summed E-state index contributed by atoms with van der Waals surface area (Å²) in [5.41, 5.74) is -1.86. The number of hydrogen-bond donors (Lipinski definition) is 0. The van der Waals surface area contributed by atoms with E-state index in [4.69, 9.17) is 0 Å². The molecule has 0 aromatic heterocycles. The van der Waals surface area contributed by atoms with Crippen LogP contribution in [-0.4, -0.2) is 20.8 Å². The molecule has 0 N–H and O–H groups in total. The monoisotopic (exact) mass is 310 g/mol. The molecule has 104 valence electrons. The third-order valence-corrected chi connectivity index (χ3v) is 5.01. The minimum absolute atomic E-state index is 0.0619. The summed E-state index contributed by atoms with van der Waals surface area (Å²) in [6, 6.07) is 5.44. The van der Waals surface area contributed by atoms with Gasteiger partial charge < -0.3 is 0 Å². The van der Waals surface area contributed by atoms with E-state index in [1.807, 2.05) is 0 Å². The van der Waals surface area contributed by atoms with Gasteiger partial charge in [-0.1, -0.05) is 24.3 Å². The molecule has 0 saturated carbocycles. The highest BCUT2D eigenvalue weighted by Crippen LogP contribution is 2.52. The Morgan fingerprint density at radius 3 is 2.11 bits per heavy atom. The number of rotatable bonds is 4. The Morgan fingerprint density at radius 1 is 1.21 bits per heavy atom. The van der Waals surface area contributed by atoms with Gasteiger partial charge in [0.25, 0.3) is 0 Å². The summed E-state index contributed by atoms with van der Waals surface area (Å²) in [7, 11) is -2.45. The molecule has 1 aromatic rings. The molecule has 0 radical (unpaired) electrons. The van der Waals surface area contributed by atoms with Crippen molar-refractivity contribution in [2.45, 2.75) is 17.6 Å². The summed E-state index contributed by atoms with van der Waals surface area (Å²) < 4.78 is 60.1. The topological polar surface area (TPSA) is 58.9 Å². The minimum atomic E-state index is -4.55. The molecular weight excluding hydrogens is 301 g/mol. The van der Waals surface area contributed by atoms with Crippen molar-refractivity contribution >= 4 is 19.7 Å². The molecule has 0 atom stereocenters. The molecule has 9 heteroatoms. The summed E-state index contributed by atoms with van der Waals surface area (Å²) in [5, 5.41) is 6.18. The quantitative estimate of drug-likeness (QED) is 0.803. The van der Waals surface area contributed by atoms with Gasteiger partial charge in [0, 0.05) is 17.6 Å². The van der Waals surface area contributed by atoms with E-state index in [-0.39, 0.29) is 11.3 Å². The Hall–Kier alpha value is -1.09. The fraction of sp³-hybridized carbons (Fsp3) is 0.400. The maximum absolute atomic E-state index is 12.7. The molecule has 1 aliphatic rings. The first-order valence-corrected chi connectivity index (χ1v) is 8.48. The second-order valence-electron chi connectivity index (χ2n) is 4.03. The molecular formula is C10H9F3N2O2S2. The number of hydrogen-bond acceptors (Lipinski definition) is 5. The Labute approximate surface area is 111 Å². The lowest BCUT2D eigenvalue weighted by molar-refractivity contribution is -0.166. The number of halogens is 3. The van der Waals surface area contributed by atoms with Crippen LogP contribution in [0.5, 0.6) is 0 Å². The highest BCUT2D eigenvalue weighted by molar-refractivity contribution is 8.71. The first-order chi connectivity index (χ1) is 8.64. The van der Waals surface area contributed by atoms with Gasteiger partial charge in [-0.25, -0.2) is 8.42 Å². The number of benzene rings is 1. The van der Waals surface area contributed by atoms with Crippen molar-refractivity contribution in [3.05, 3.63) is 35.4 Å². The third-order valence-electron chi connectivity index (χ3n) is 2.49. The molecule has 0 spiro atoms. The van der Waals surface area contributed by atoms with Gasteiger partial charge in [-0.15, -0.1) is 10.2 Å². The van der Waals surface area contributed by atoms with Crippen molar-refractivity contribution in [3.8, 4) is 0 Å². The summed E-state index contributed by atoms with van der Waals surface area (Å²) in [4.78, 5) is 0. The first kappa shape index (κ1) is 14.3. The van der Waals surface area contributed by atoms with Crippen LogP contribution in [0.1, 0.15) is 11.1 Å². The standard InChI is InChI=1S/C10H9F3N2O2S2/c1-19(16,17)18-6-7-2-4-8(5-3-7)9(14-15-9)10(11,12)13/h2-5H,6H2,1H3. The van der Waals surface area contributed by atoms with Crippen LogP contribution in [0.25, 0.3) is 0 Å². The van der Waals surface area contributed by atoms with Crippen LogP contribution < -0.4 is 0 Å². The van der Waals surface area contributed by atoms with Crippen molar-refractivity contribution in [1.82, 2.24) is 0 Å². The van der Waals surface area contributed by atoms with E-state index in [2.05, 4.69) is 10.2 Å². The van der Waals surface area contributed by atoms with Crippen molar-refractivity contribution in [2.75, 3.05) is 6.26 Å². The fourth-order valence-corrected chi connectivity index (χ4v) is 3.04. The van der Waals surface area contributed by atoms with E-state index in [1.165, 1.54) is 24.3 Å². The highest BCUT2D eigenvalue weighted by atomic mass is 33.1. The SMILES string of the molecule is CS(=O)(=O)SCc1ccc(C2(C(F)(F)F)N=N2)cc1. The lowest BCUT2D eigenvalue weighted by Gasteiger charge is -2.14. The smallest absolute Gasteiger partial charge is 0.218 e. The van der Waals surface area contributed by atoms with Gasteiger partial charge >= 0.3 is 11.8 Å². The predicted octanol–water partition coefficient (Wildman–Crippen LogP) is 3.06. The van der Waals surface area contributed by atoms with E-state index in [0.717, 1.165) is 17.0 Å². The predicted molar refractivity (Wildman–Crippen MR) is 65.2 cm³/mol. The second kappa shape index (κ2) is 4.48. The number of nitrogens with zero attached hydrogens (tertiary/aromatic N) is 2. The van der Waals surface area contributed by atoms with Gasteiger partial charge in [0.05, 0.1) is 0 Å². The van der Waals surface area contributed by atoms with Crippen molar-refractivity contribution in [2.24, 2.45) is 10.2 Å². The van der Waals surface area contributed by atoms with Gasteiger partial charge in [-0.05, 0) is 16.4 Å².